The molecule has 88 valence electrons. The molecule has 0 aliphatic rings. The van der Waals surface area contributed by atoms with E-state index in [2.05, 4.69) is 4.74 Å². The van der Waals surface area contributed by atoms with Crippen molar-refractivity contribution < 1.29 is 23.8 Å². The standard InChI is InChI=1S/C11H13FO4/c1-6-4-5-7(15-2)8(9(6)12)10(13)11(14)16-3/h4-5,10,13H,1-3H3. The van der Waals surface area contributed by atoms with Crippen LogP contribution in [-0.2, 0) is 9.53 Å². The zero-order valence-corrected chi connectivity index (χ0v) is 9.28. The molecule has 0 fully saturated rings. The van der Waals surface area contributed by atoms with Gasteiger partial charge in [0, 0.05) is 0 Å². The smallest absolute Gasteiger partial charge is 0.339 e. The fourth-order valence-electron chi connectivity index (χ4n) is 1.35. The van der Waals surface area contributed by atoms with Gasteiger partial charge in [0.1, 0.15) is 11.6 Å². The minimum absolute atomic E-state index is 0.112. The normalized spacial score (nSPS) is 12.1. The molecule has 1 aromatic rings. The summed E-state index contributed by atoms with van der Waals surface area (Å²) in [5, 5.41) is 9.61. The number of aliphatic hydroxyl groups excluding tert-OH is 1. The van der Waals surface area contributed by atoms with Crippen LogP contribution in [0, 0.1) is 12.7 Å². The molecule has 1 rings (SSSR count). The van der Waals surface area contributed by atoms with E-state index in [-0.39, 0.29) is 11.3 Å². The van der Waals surface area contributed by atoms with Crippen LogP contribution in [0.5, 0.6) is 5.75 Å². The van der Waals surface area contributed by atoms with Crippen LogP contribution in [0.15, 0.2) is 12.1 Å². The fraction of sp³-hybridized carbons (Fsp3) is 0.364. The Morgan fingerprint density at radius 2 is 2.06 bits per heavy atom. The van der Waals surface area contributed by atoms with Gasteiger partial charge in [0.25, 0.3) is 0 Å². The third-order valence-corrected chi connectivity index (χ3v) is 2.25. The number of carbonyl (C=O) groups excluding carboxylic acids is 1. The van der Waals surface area contributed by atoms with Crippen molar-refractivity contribution in [3.05, 3.63) is 29.1 Å². The van der Waals surface area contributed by atoms with Gasteiger partial charge in [-0.25, -0.2) is 9.18 Å². The number of halogens is 1. The first-order valence-corrected chi connectivity index (χ1v) is 4.61. The predicted octanol–water partition coefficient (Wildman–Crippen LogP) is 1.35. The summed E-state index contributed by atoms with van der Waals surface area (Å²) < 4.78 is 23.0. The summed E-state index contributed by atoms with van der Waals surface area (Å²) in [6.45, 7) is 1.53. The summed E-state index contributed by atoms with van der Waals surface area (Å²) in [5.74, 6) is -1.49. The van der Waals surface area contributed by atoms with Crippen LogP contribution >= 0.6 is 0 Å². The number of rotatable bonds is 3. The third kappa shape index (κ3) is 2.14. The monoisotopic (exact) mass is 228 g/mol. The van der Waals surface area contributed by atoms with Crippen LogP contribution in [0.1, 0.15) is 17.2 Å². The van der Waals surface area contributed by atoms with E-state index in [4.69, 9.17) is 4.74 Å². The van der Waals surface area contributed by atoms with Crippen LogP contribution < -0.4 is 4.74 Å². The Bertz CT molecular complexity index is 403. The van der Waals surface area contributed by atoms with Crippen LogP contribution in [-0.4, -0.2) is 25.3 Å². The second kappa shape index (κ2) is 4.94. The number of benzene rings is 1. The SMILES string of the molecule is COC(=O)C(O)c1c(OC)ccc(C)c1F. The van der Waals surface area contributed by atoms with E-state index in [1.807, 2.05) is 0 Å². The van der Waals surface area contributed by atoms with Gasteiger partial charge in [-0.3, -0.25) is 0 Å². The van der Waals surface area contributed by atoms with Crippen LogP contribution in [0.3, 0.4) is 0 Å². The van der Waals surface area contributed by atoms with Crippen molar-refractivity contribution in [1.29, 1.82) is 0 Å². The number of ether oxygens (including phenoxy) is 2. The molecule has 0 aliphatic heterocycles. The summed E-state index contributed by atoms with van der Waals surface area (Å²) in [7, 11) is 2.45. The molecule has 0 radical (unpaired) electrons. The highest BCUT2D eigenvalue weighted by Crippen LogP contribution is 2.30. The van der Waals surface area contributed by atoms with E-state index in [1.165, 1.54) is 26.2 Å². The quantitative estimate of drug-likeness (QED) is 0.793. The van der Waals surface area contributed by atoms with Crippen molar-refractivity contribution in [3.63, 3.8) is 0 Å². The molecule has 0 saturated heterocycles. The Labute approximate surface area is 92.6 Å². The average molecular weight is 228 g/mol. The Kier molecular flexibility index (Phi) is 3.84. The molecule has 0 heterocycles. The molecule has 0 bridgehead atoms. The van der Waals surface area contributed by atoms with E-state index in [1.54, 1.807) is 0 Å². The minimum Gasteiger partial charge on any atom is -0.496 e. The molecule has 1 N–H and O–H groups in total. The van der Waals surface area contributed by atoms with Gasteiger partial charge in [0.2, 0.25) is 0 Å². The largest absolute Gasteiger partial charge is 0.496 e. The first-order valence-electron chi connectivity index (χ1n) is 4.61. The average Bonchev–Trinajstić information content (AvgIpc) is 2.30. The zero-order chi connectivity index (χ0) is 12.3. The first kappa shape index (κ1) is 12.4. The maximum Gasteiger partial charge on any atom is 0.339 e. The number of carbonyl (C=O) groups is 1. The second-order valence-corrected chi connectivity index (χ2v) is 3.24. The highest BCUT2D eigenvalue weighted by molar-refractivity contribution is 5.77. The van der Waals surface area contributed by atoms with Gasteiger partial charge in [-0.2, -0.15) is 0 Å². The van der Waals surface area contributed by atoms with E-state index >= 15 is 0 Å². The number of aryl methyl sites for hydroxylation is 1. The van der Waals surface area contributed by atoms with Gasteiger partial charge in [0.05, 0.1) is 19.8 Å². The summed E-state index contributed by atoms with van der Waals surface area (Å²) in [5.41, 5.74) is 0.119. The Balaban J connectivity index is 3.29. The van der Waals surface area contributed by atoms with Gasteiger partial charge in [-0.15, -0.1) is 0 Å². The van der Waals surface area contributed by atoms with Crippen LogP contribution in [0.2, 0.25) is 0 Å². The van der Waals surface area contributed by atoms with Crippen LogP contribution in [0.4, 0.5) is 4.39 Å². The van der Waals surface area contributed by atoms with E-state index in [0.29, 0.717) is 5.56 Å². The van der Waals surface area contributed by atoms with Crippen molar-refractivity contribution in [2.75, 3.05) is 14.2 Å². The molecule has 0 saturated carbocycles. The molecular weight excluding hydrogens is 215 g/mol. The Morgan fingerprint density at radius 3 is 2.56 bits per heavy atom. The number of methoxy groups -OCH3 is 2. The lowest BCUT2D eigenvalue weighted by molar-refractivity contribution is -0.151. The number of aliphatic hydroxyl groups is 1. The number of esters is 1. The molecule has 1 aromatic carbocycles. The Hall–Kier alpha value is -1.62. The van der Waals surface area contributed by atoms with Crippen molar-refractivity contribution >= 4 is 5.97 Å². The lowest BCUT2D eigenvalue weighted by atomic mass is 10.0. The van der Waals surface area contributed by atoms with Crippen LogP contribution in [0.25, 0.3) is 0 Å². The molecule has 0 spiro atoms. The minimum atomic E-state index is -1.68. The van der Waals surface area contributed by atoms with Gasteiger partial charge < -0.3 is 14.6 Å². The van der Waals surface area contributed by atoms with Gasteiger partial charge in [-0.05, 0) is 18.6 Å². The second-order valence-electron chi connectivity index (χ2n) is 3.24. The van der Waals surface area contributed by atoms with E-state index in [9.17, 15) is 14.3 Å². The third-order valence-electron chi connectivity index (χ3n) is 2.25. The summed E-state index contributed by atoms with van der Waals surface area (Å²) in [4.78, 5) is 11.1. The molecule has 0 amide bonds. The lowest BCUT2D eigenvalue weighted by Crippen LogP contribution is -2.16. The van der Waals surface area contributed by atoms with Gasteiger partial charge in [-0.1, -0.05) is 6.07 Å². The Morgan fingerprint density at radius 1 is 1.44 bits per heavy atom. The van der Waals surface area contributed by atoms with Crippen molar-refractivity contribution in [3.8, 4) is 5.75 Å². The zero-order valence-electron chi connectivity index (χ0n) is 9.28. The molecule has 16 heavy (non-hydrogen) atoms. The maximum absolute atomic E-state index is 13.7. The molecule has 1 unspecified atom stereocenters. The number of hydrogen-bond acceptors (Lipinski definition) is 4. The molecular formula is C11H13FO4. The van der Waals surface area contributed by atoms with Gasteiger partial charge >= 0.3 is 5.97 Å². The molecule has 4 nitrogen and oxygen atoms in total. The first-order chi connectivity index (χ1) is 7.52. The molecule has 5 heteroatoms. The molecule has 0 aliphatic carbocycles. The molecule has 0 aromatic heterocycles. The van der Waals surface area contributed by atoms with Crippen molar-refractivity contribution in [2.45, 2.75) is 13.0 Å². The lowest BCUT2D eigenvalue weighted by Gasteiger charge is -2.14. The summed E-state index contributed by atoms with van der Waals surface area (Å²) in [6, 6.07) is 2.99. The van der Waals surface area contributed by atoms with E-state index in [0.717, 1.165) is 7.11 Å². The highest BCUT2D eigenvalue weighted by Gasteiger charge is 2.26. The fourth-order valence-corrected chi connectivity index (χ4v) is 1.35. The highest BCUT2D eigenvalue weighted by atomic mass is 19.1. The topological polar surface area (TPSA) is 55.8 Å². The number of hydrogen-bond donors (Lipinski definition) is 1. The van der Waals surface area contributed by atoms with Crippen molar-refractivity contribution in [1.82, 2.24) is 0 Å². The maximum atomic E-state index is 13.7. The molecule has 1 atom stereocenters. The summed E-state index contributed by atoms with van der Waals surface area (Å²) in [6.07, 6.45) is -1.68. The summed E-state index contributed by atoms with van der Waals surface area (Å²) >= 11 is 0. The van der Waals surface area contributed by atoms with E-state index < -0.39 is 17.9 Å². The predicted molar refractivity (Wildman–Crippen MR) is 54.7 cm³/mol. The van der Waals surface area contributed by atoms with Crippen molar-refractivity contribution in [2.24, 2.45) is 0 Å². The van der Waals surface area contributed by atoms with Gasteiger partial charge in [0.15, 0.2) is 6.10 Å².